The zero-order chi connectivity index (χ0) is 23.6. The van der Waals surface area contributed by atoms with Gasteiger partial charge in [-0.05, 0) is 58.3 Å². The van der Waals surface area contributed by atoms with E-state index in [1.165, 1.54) is 0 Å². The van der Waals surface area contributed by atoms with E-state index in [0.29, 0.717) is 44.7 Å². The Morgan fingerprint density at radius 2 is 1.65 bits per heavy atom. The number of carboxylic acid groups (broad SMARTS) is 1. The molecular formula is C23H43NO6Si. The van der Waals surface area contributed by atoms with Crippen LogP contribution in [-0.2, 0) is 22.9 Å². The zero-order valence-corrected chi connectivity index (χ0v) is 21.4. The summed E-state index contributed by atoms with van der Waals surface area (Å²) in [4.78, 5) is 25.3. The van der Waals surface area contributed by atoms with Crippen LogP contribution < -0.4 is 5.32 Å². The van der Waals surface area contributed by atoms with Crippen molar-refractivity contribution in [2.75, 3.05) is 26.4 Å². The topological polar surface area (TPSA) is 94.1 Å². The summed E-state index contributed by atoms with van der Waals surface area (Å²) in [6, 6.07) is 0.612. The third kappa shape index (κ3) is 8.00. The molecule has 2 N–H and O–H groups in total. The summed E-state index contributed by atoms with van der Waals surface area (Å²) >= 11 is 0. The first-order valence-corrected chi connectivity index (χ1v) is 13.7. The Kier molecular flexibility index (Phi) is 12.0. The lowest BCUT2D eigenvalue weighted by molar-refractivity contribution is -0.151. The molecule has 1 amide bonds. The first kappa shape index (κ1) is 27.8. The fourth-order valence-electron chi connectivity index (χ4n) is 4.57. The van der Waals surface area contributed by atoms with E-state index >= 15 is 0 Å². The maximum atomic E-state index is 13.2. The average Bonchev–Trinajstić information content (AvgIpc) is 2.67. The van der Waals surface area contributed by atoms with E-state index in [1.807, 2.05) is 34.6 Å². The van der Waals surface area contributed by atoms with Crippen LogP contribution in [0.4, 0.5) is 0 Å². The summed E-state index contributed by atoms with van der Waals surface area (Å²) in [5.74, 6) is -2.20. The third-order valence-corrected chi connectivity index (χ3v) is 9.12. The lowest BCUT2D eigenvalue weighted by atomic mass is 9.66. The summed E-state index contributed by atoms with van der Waals surface area (Å²) in [6.07, 6.45) is 3.56. The van der Waals surface area contributed by atoms with E-state index in [-0.39, 0.29) is 17.7 Å². The highest BCUT2D eigenvalue weighted by Crippen LogP contribution is 2.41. The molecule has 0 aliphatic heterocycles. The lowest BCUT2D eigenvalue weighted by Crippen LogP contribution is -2.48. The number of carbonyl (C=O) groups excluding carboxylic acids is 1. The van der Waals surface area contributed by atoms with Crippen LogP contribution >= 0.6 is 0 Å². The van der Waals surface area contributed by atoms with Crippen LogP contribution in [-0.4, -0.2) is 52.2 Å². The van der Waals surface area contributed by atoms with Gasteiger partial charge in [-0.2, -0.15) is 0 Å². The summed E-state index contributed by atoms with van der Waals surface area (Å²) < 4.78 is 17.6. The molecule has 1 aliphatic rings. The van der Waals surface area contributed by atoms with Crippen molar-refractivity contribution in [2.24, 2.45) is 29.6 Å². The first-order valence-electron chi connectivity index (χ1n) is 11.7. The van der Waals surface area contributed by atoms with Gasteiger partial charge in [-0.15, -0.1) is 0 Å². The minimum atomic E-state index is -2.75. The third-order valence-electron chi connectivity index (χ3n) is 5.97. The first-order chi connectivity index (χ1) is 14.6. The van der Waals surface area contributed by atoms with E-state index in [2.05, 4.69) is 25.2 Å². The average molecular weight is 458 g/mol. The van der Waals surface area contributed by atoms with Gasteiger partial charge in [-0.1, -0.05) is 32.4 Å². The predicted molar refractivity (Wildman–Crippen MR) is 124 cm³/mol. The molecule has 0 fully saturated rings. The Morgan fingerprint density at radius 1 is 1.10 bits per heavy atom. The van der Waals surface area contributed by atoms with Gasteiger partial charge < -0.3 is 23.7 Å². The molecule has 0 aromatic heterocycles. The van der Waals surface area contributed by atoms with Gasteiger partial charge in [-0.25, -0.2) is 0 Å². The van der Waals surface area contributed by atoms with Gasteiger partial charge in [0.25, 0.3) is 0 Å². The number of hydrogen-bond donors (Lipinski definition) is 2. The van der Waals surface area contributed by atoms with Crippen molar-refractivity contribution in [1.29, 1.82) is 0 Å². The Labute approximate surface area is 189 Å². The molecule has 8 heteroatoms. The number of nitrogens with one attached hydrogen (secondary N) is 1. The van der Waals surface area contributed by atoms with E-state index < -0.39 is 26.6 Å². The van der Waals surface area contributed by atoms with Crippen molar-refractivity contribution < 1.29 is 28.0 Å². The number of carbonyl (C=O) groups is 2. The Balaban J connectivity index is 2.87. The van der Waals surface area contributed by atoms with Gasteiger partial charge in [0.2, 0.25) is 5.91 Å². The fraction of sp³-hybridized carbons (Fsp3) is 0.826. The van der Waals surface area contributed by atoms with Crippen LogP contribution in [0.15, 0.2) is 11.6 Å². The maximum absolute atomic E-state index is 13.2. The van der Waals surface area contributed by atoms with Crippen molar-refractivity contribution in [3.63, 3.8) is 0 Å². The Hall–Kier alpha value is -1.22. The van der Waals surface area contributed by atoms with Crippen LogP contribution in [0.3, 0.4) is 0 Å². The molecule has 180 valence electrons. The smallest absolute Gasteiger partial charge is 0.481 e. The second-order valence-electron chi connectivity index (χ2n) is 8.76. The molecular weight excluding hydrogens is 414 g/mol. The number of amides is 1. The number of carboxylic acids is 1. The highest BCUT2D eigenvalue weighted by Gasteiger charge is 2.45. The Bertz CT molecular complexity index is 592. The largest absolute Gasteiger partial charge is 0.500 e. The van der Waals surface area contributed by atoms with Crippen LogP contribution in [0.5, 0.6) is 0 Å². The molecule has 0 heterocycles. The summed E-state index contributed by atoms with van der Waals surface area (Å²) in [6.45, 7) is 15.8. The van der Waals surface area contributed by atoms with Gasteiger partial charge in [-0.3, -0.25) is 9.59 Å². The molecule has 1 aliphatic carbocycles. The van der Waals surface area contributed by atoms with Crippen LogP contribution in [0.1, 0.15) is 61.3 Å². The van der Waals surface area contributed by atoms with Gasteiger partial charge >= 0.3 is 14.8 Å². The van der Waals surface area contributed by atoms with Crippen molar-refractivity contribution in [1.82, 2.24) is 5.32 Å². The SMILES string of the molecule is CCO[Si](CCCNC(=O)C1C(CC(C)C)C=C(C)C(C)C1C(=O)O)(OCC)OCC. The summed E-state index contributed by atoms with van der Waals surface area (Å²) in [7, 11) is -2.75. The van der Waals surface area contributed by atoms with E-state index in [1.54, 1.807) is 0 Å². The van der Waals surface area contributed by atoms with Crippen molar-refractivity contribution in [2.45, 2.75) is 67.4 Å². The van der Waals surface area contributed by atoms with Crippen LogP contribution in [0.2, 0.25) is 6.04 Å². The minimum absolute atomic E-state index is 0.0685. The molecule has 1 rings (SSSR count). The molecule has 0 spiro atoms. The van der Waals surface area contributed by atoms with Gasteiger partial charge in [0.05, 0.1) is 11.8 Å². The minimum Gasteiger partial charge on any atom is -0.481 e. The van der Waals surface area contributed by atoms with Crippen molar-refractivity contribution >= 4 is 20.7 Å². The zero-order valence-electron chi connectivity index (χ0n) is 20.4. The van der Waals surface area contributed by atoms with Crippen LogP contribution in [0.25, 0.3) is 0 Å². The normalized spacial score (nSPS) is 24.2. The van der Waals surface area contributed by atoms with Gasteiger partial charge in [0.1, 0.15) is 0 Å². The van der Waals surface area contributed by atoms with Gasteiger partial charge in [0.15, 0.2) is 0 Å². The van der Waals surface area contributed by atoms with E-state index in [4.69, 9.17) is 13.3 Å². The second kappa shape index (κ2) is 13.4. The van der Waals surface area contributed by atoms with Crippen LogP contribution in [0, 0.1) is 29.6 Å². The highest BCUT2D eigenvalue weighted by molar-refractivity contribution is 6.60. The molecule has 4 atom stereocenters. The molecule has 0 saturated heterocycles. The molecule has 31 heavy (non-hydrogen) atoms. The van der Waals surface area contributed by atoms with E-state index in [9.17, 15) is 14.7 Å². The Morgan fingerprint density at radius 3 is 2.10 bits per heavy atom. The summed E-state index contributed by atoms with van der Waals surface area (Å²) in [5.41, 5.74) is 1.06. The second-order valence-corrected chi connectivity index (χ2v) is 11.5. The lowest BCUT2D eigenvalue weighted by Gasteiger charge is -2.38. The quantitative estimate of drug-likeness (QED) is 0.232. The molecule has 4 unspecified atom stereocenters. The van der Waals surface area contributed by atoms with Crippen molar-refractivity contribution in [3.8, 4) is 0 Å². The molecule has 0 bridgehead atoms. The van der Waals surface area contributed by atoms with E-state index in [0.717, 1.165) is 12.0 Å². The molecule has 0 saturated carbocycles. The fourth-order valence-corrected chi connectivity index (χ4v) is 7.19. The molecule has 0 aromatic rings. The summed E-state index contributed by atoms with van der Waals surface area (Å²) in [5, 5.41) is 12.9. The standard InChI is InChI=1S/C23H43NO6Si/c1-8-28-31(29-9-2,30-10-3)13-11-12-24-22(25)21-19(14-16(4)5)15-17(6)18(7)20(21)23(26)27/h15-16,18-21H,8-14H2,1-7H3,(H,24,25)(H,26,27). The number of aliphatic carboxylic acids is 1. The number of hydrogen-bond acceptors (Lipinski definition) is 5. The predicted octanol–water partition coefficient (Wildman–Crippen LogP) is 4.12. The number of allylic oxidation sites excluding steroid dienone is 2. The van der Waals surface area contributed by atoms with Gasteiger partial charge in [0, 0.05) is 32.4 Å². The molecule has 0 radical (unpaired) electrons. The van der Waals surface area contributed by atoms with Crippen molar-refractivity contribution in [3.05, 3.63) is 11.6 Å². The highest BCUT2D eigenvalue weighted by atomic mass is 28.4. The maximum Gasteiger partial charge on any atom is 0.500 e. The monoisotopic (exact) mass is 457 g/mol. The molecule has 7 nitrogen and oxygen atoms in total. The molecule has 0 aromatic carbocycles. The number of rotatable bonds is 14.